The number of nitrogens with zero attached hydrogens (tertiary/aromatic N) is 1. The monoisotopic (exact) mass is 228 g/mol. The summed E-state index contributed by atoms with van der Waals surface area (Å²) in [5.41, 5.74) is -0.264. The van der Waals surface area contributed by atoms with Gasteiger partial charge in [-0.1, -0.05) is 11.6 Å². The van der Waals surface area contributed by atoms with Crippen molar-refractivity contribution in [3.05, 3.63) is 38.9 Å². The van der Waals surface area contributed by atoms with E-state index in [4.69, 9.17) is 11.6 Å². The summed E-state index contributed by atoms with van der Waals surface area (Å²) in [7, 11) is 0. The fourth-order valence-corrected chi connectivity index (χ4v) is 1.27. The van der Waals surface area contributed by atoms with Gasteiger partial charge in [0, 0.05) is 17.6 Å². The van der Waals surface area contributed by atoms with Crippen LogP contribution in [-0.2, 0) is 0 Å². The molecule has 0 saturated heterocycles. The first-order valence-corrected chi connectivity index (χ1v) is 4.66. The first-order chi connectivity index (χ1) is 7.06. The van der Waals surface area contributed by atoms with Crippen LogP contribution in [-0.4, -0.2) is 17.4 Å². The predicted molar refractivity (Wildman–Crippen MR) is 56.1 cm³/mol. The molecule has 6 heteroatoms. The van der Waals surface area contributed by atoms with Gasteiger partial charge in [0.1, 0.15) is 5.56 Å². The number of carbonyl (C=O) groups is 1. The van der Waals surface area contributed by atoms with Crippen LogP contribution in [0.3, 0.4) is 0 Å². The van der Waals surface area contributed by atoms with Crippen molar-refractivity contribution in [1.29, 1.82) is 0 Å². The number of rotatable bonds is 3. The molecule has 0 aromatic heterocycles. The molecule has 80 valence electrons. The Morgan fingerprint density at radius 1 is 1.60 bits per heavy atom. The van der Waals surface area contributed by atoms with Gasteiger partial charge in [0.25, 0.3) is 11.6 Å². The molecule has 5 nitrogen and oxygen atoms in total. The molecule has 0 aliphatic heterocycles. The zero-order valence-electron chi connectivity index (χ0n) is 7.99. The SMILES string of the molecule is CCNC(=O)c1ccc(Cl)cc1[N+](=O)[O-]. The molecule has 0 spiro atoms. The lowest BCUT2D eigenvalue weighted by Gasteiger charge is -2.03. The van der Waals surface area contributed by atoms with Gasteiger partial charge >= 0.3 is 0 Å². The molecule has 1 amide bonds. The van der Waals surface area contributed by atoms with E-state index in [0.29, 0.717) is 6.54 Å². The van der Waals surface area contributed by atoms with Crippen molar-refractivity contribution in [3.63, 3.8) is 0 Å². The number of nitro benzene ring substituents is 1. The summed E-state index contributed by atoms with van der Waals surface area (Å²) in [5, 5.41) is 13.4. The van der Waals surface area contributed by atoms with Crippen molar-refractivity contribution in [2.75, 3.05) is 6.54 Å². The molecular formula is C9H9ClN2O3. The van der Waals surface area contributed by atoms with Gasteiger partial charge in [-0.15, -0.1) is 0 Å². The lowest BCUT2D eigenvalue weighted by Crippen LogP contribution is -2.23. The summed E-state index contributed by atoms with van der Waals surface area (Å²) in [6, 6.07) is 3.94. The van der Waals surface area contributed by atoms with Gasteiger partial charge in [-0.25, -0.2) is 0 Å². The minimum atomic E-state index is -0.629. The van der Waals surface area contributed by atoms with Crippen molar-refractivity contribution in [2.24, 2.45) is 0 Å². The van der Waals surface area contributed by atoms with E-state index in [-0.39, 0.29) is 16.3 Å². The quantitative estimate of drug-likeness (QED) is 0.635. The van der Waals surface area contributed by atoms with E-state index < -0.39 is 10.8 Å². The van der Waals surface area contributed by atoms with Crippen LogP contribution in [0.25, 0.3) is 0 Å². The van der Waals surface area contributed by atoms with E-state index in [1.165, 1.54) is 12.1 Å². The second kappa shape index (κ2) is 4.75. The van der Waals surface area contributed by atoms with Crippen molar-refractivity contribution in [1.82, 2.24) is 5.32 Å². The molecule has 1 aromatic carbocycles. The fraction of sp³-hybridized carbons (Fsp3) is 0.222. The van der Waals surface area contributed by atoms with Gasteiger partial charge in [-0.2, -0.15) is 0 Å². The standard InChI is InChI=1S/C9H9ClN2O3/c1-2-11-9(13)7-4-3-6(10)5-8(7)12(14)15/h3-5H,2H2,1H3,(H,11,13). The van der Waals surface area contributed by atoms with Crippen LogP contribution in [0.5, 0.6) is 0 Å². The molecule has 0 saturated carbocycles. The molecule has 15 heavy (non-hydrogen) atoms. The predicted octanol–water partition coefficient (Wildman–Crippen LogP) is 2.00. The third kappa shape index (κ3) is 2.66. The lowest BCUT2D eigenvalue weighted by atomic mass is 10.1. The Kier molecular flexibility index (Phi) is 3.62. The highest BCUT2D eigenvalue weighted by Crippen LogP contribution is 2.22. The number of carbonyl (C=O) groups excluding carboxylic acids is 1. The molecule has 0 unspecified atom stereocenters. The first-order valence-electron chi connectivity index (χ1n) is 4.28. The second-order valence-corrected chi connectivity index (χ2v) is 3.21. The number of amides is 1. The highest BCUT2D eigenvalue weighted by molar-refractivity contribution is 6.31. The van der Waals surface area contributed by atoms with Gasteiger partial charge in [-0.3, -0.25) is 14.9 Å². The largest absolute Gasteiger partial charge is 0.352 e. The van der Waals surface area contributed by atoms with E-state index in [1.807, 2.05) is 0 Å². The van der Waals surface area contributed by atoms with Crippen LogP contribution >= 0.6 is 11.6 Å². The van der Waals surface area contributed by atoms with E-state index in [1.54, 1.807) is 6.92 Å². The van der Waals surface area contributed by atoms with E-state index >= 15 is 0 Å². The maximum Gasteiger partial charge on any atom is 0.283 e. The van der Waals surface area contributed by atoms with E-state index in [9.17, 15) is 14.9 Å². The maximum atomic E-state index is 11.4. The minimum Gasteiger partial charge on any atom is -0.352 e. The first kappa shape index (κ1) is 11.5. The van der Waals surface area contributed by atoms with E-state index in [2.05, 4.69) is 5.32 Å². The average molecular weight is 229 g/mol. The van der Waals surface area contributed by atoms with Crippen LogP contribution in [0.15, 0.2) is 18.2 Å². The van der Waals surface area contributed by atoms with Crippen LogP contribution in [0.4, 0.5) is 5.69 Å². The molecule has 1 aromatic rings. The van der Waals surface area contributed by atoms with Crippen LogP contribution in [0.2, 0.25) is 5.02 Å². The Morgan fingerprint density at radius 3 is 2.80 bits per heavy atom. The van der Waals surface area contributed by atoms with Gasteiger partial charge in [0.05, 0.1) is 4.92 Å². The topological polar surface area (TPSA) is 72.2 Å². The lowest BCUT2D eigenvalue weighted by molar-refractivity contribution is -0.385. The Bertz CT molecular complexity index is 406. The summed E-state index contributed by atoms with van der Waals surface area (Å²) in [6.07, 6.45) is 0. The summed E-state index contributed by atoms with van der Waals surface area (Å²) < 4.78 is 0. The Labute approximate surface area is 91.2 Å². The van der Waals surface area contributed by atoms with Crippen molar-refractivity contribution in [2.45, 2.75) is 6.92 Å². The van der Waals surface area contributed by atoms with Crippen LogP contribution < -0.4 is 5.32 Å². The van der Waals surface area contributed by atoms with E-state index in [0.717, 1.165) is 6.07 Å². The number of halogens is 1. The third-order valence-corrected chi connectivity index (χ3v) is 1.97. The van der Waals surface area contributed by atoms with Crippen molar-refractivity contribution in [3.8, 4) is 0 Å². The number of nitrogens with one attached hydrogen (secondary N) is 1. The molecule has 0 heterocycles. The Morgan fingerprint density at radius 2 is 2.27 bits per heavy atom. The Hall–Kier alpha value is -1.62. The van der Waals surface area contributed by atoms with Crippen molar-refractivity contribution < 1.29 is 9.72 Å². The number of benzene rings is 1. The highest BCUT2D eigenvalue weighted by atomic mass is 35.5. The van der Waals surface area contributed by atoms with Crippen LogP contribution in [0.1, 0.15) is 17.3 Å². The summed E-state index contributed by atoms with van der Waals surface area (Å²) in [4.78, 5) is 21.4. The highest BCUT2D eigenvalue weighted by Gasteiger charge is 2.19. The average Bonchev–Trinajstić information content (AvgIpc) is 2.17. The molecule has 1 rings (SSSR count). The summed E-state index contributed by atoms with van der Waals surface area (Å²) in [5.74, 6) is -0.471. The third-order valence-electron chi connectivity index (χ3n) is 1.74. The van der Waals surface area contributed by atoms with Gasteiger partial charge in [0.15, 0.2) is 0 Å². The molecule has 0 fully saturated rings. The molecular weight excluding hydrogens is 220 g/mol. The summed E-state index contributed by atoms with van der Waals surface area (Å²) >= 11 is 5.61. The number of hydrogen-bond acceptors (Lipinski definition) is 3. The molecule has 0 aliphatic rings. The normalized spacial score (nSPS) is 9.73. The molecule has 0 atom stereocenters. The smallest absolute Gasteiger partial charge is 0.283 e. The van der Waals surface area contributed by atoms with Crippen LogP contribution in [0, 0.1) is 10.1 Å². The van der Waals surface area contributed by atoms with Crippen molar-refractivity contribution >= 4 is 23.2 Å². The molecule has 0 bridgehead atoms. The minimum absolute atomic E-state index is 0.0197. The Balaban J connectivity index is 3.17. The van der Waals surface area contributed by atoms with Gasteiger partial charge in [0.2, 0.25) is 0 Å². The van der Waals surface area contributed by atoms with Gasteiger partial charge < -0.3 is 5.32 Å². The zero-order chi connectivity index (χ0) is 11.4. The second-order valence-electron chi connectivity index (χ2n) is 2.78. The summed E-state index contributed by atoms with van der Waals surface area (Å²) in [6.45, 7) is 2.15. The maximum absolute atomic E-state index is 11.4. The molecule has 1 N–H and O–H groups in total. The zero-order valence-corrected chi connectivity index (χ0v) is 8.75. The molecule has 0 radical (unpaired) electrons. The molecule has 0 aliphatic carbocycles. The number of nitro groups is 1. The number of hydrogen-bond donors (Lipinski definition) is 1. The fourth-order valence-electron chi connectivity index (χ4n) is 1.10. The van der Waals surface area contributed by atoms with Gasteiger partial charge in [-0.05, 0) is 19.1 Å².